The normalized spacial score (nSPS) is 22.9. The van der Waals surface area contributed by atoms with Crippen molar-refractivity contribution in [3.63, 3.8) is 0 Å². The Labute approximate surface area is 150 Å². The number of nitrogens with two attached hydrogens (primary N) is 1. The second kappa shape index (κ2) is 5.17. The lowest BCUT2D eigenvalue weighted by Crippen LogP contribution is -2.41. The lowest BCUT2D eigenvalue weighted by atomic mass is 9.83. The highest BCUT2D eigenvalue weighted by Gasteiger charge is 2.57. The molecule has 1 saturated carbocycles. The van der Waals surface area contributed by atoms with E-state index in [2.05, 4.69) is 33.2 Å². The summed E-state index contributed by atoms with van der Waals surface area (Å²) in [6.45, 7) is 0. The van der Waals surface area contributed by atoms with Gasteiger partial charge in [0.15, 0.2) is 11.5 Å². The van der Waals surface area contributed by atoms with E-state index in [1.807, 2.05) is 24.3 Å². The van der Waals surface area contributed by atoms with Gasteiger partial charge in [0.25, 0.3) is 5.91 Å². The summed E-state index contributed by atoms with van der Waals surface area (Å²) in [5.74, 6) is 0.494. The number of fused-ring (bicyclic) bond motifs is 1. The predicted molar refractivity (Wildman–Crippen MR) is 100 cm³/mol. The van der Waals surface area contributed by atoms with Crippen LogP contribution in [0.2, 0.25) is 0 Å². The van der Waals surface area contributed by atoms with Gasteiger partial charge in [-0.05, 0) is 53.6 Å². The molecule has 130 valence electrons. The fourth-order valence-electron chi connectivity index (χ4n) is 3.90. The summed E-state index contributed by atoms with van der Waals surface area (Å²) in [5, 5.41) is 0. The highest BCUT2D eigenvalue weighted by atomic mass is 16.2. The number of aromatic nitrogens is 2. The molecule has 0 radical (unpaired) electrons. The number of hydrogen-bond donors (Lipinski definition) is 2. The molecule has 1 atom stereocenters. The van der Waals surface area contributed by atoms with E-state index in [-0.39, 0.29) is 11.8 Å². The van der Waals surface area contributed by atoms with Crippen LogP contribution in [0.3, 0.4) is 0 Å². The van der Waals surface area contributed by atoms with E-state index in [1.165, 1.54) is 4.90 Å². The first kappa shape index (κ1) is 15.1. The standard InChI is InChI=1S/C20H19N5O/c1-25-18(26)20(14-6-7-14,24-19(25)21)15-4-2-3-12(9-15)13-5-8-16-17(10-13)23-11-22-16/h2-5,8-11,14H,6-7H2,1H3,(H2,21,24)(H,22,23). The highest BCUT2D eigenvalue weighted by Crippen LogP contribution is 2.51. The van der Waals surface area contributed by atoms with Crippen molar-refractivity contribution in [3.8, 4) is 11.1 Å². The summed E-state index contributed by atoms with van der Waals surface area (Å²) in [7, 11) is 1.70. The summed E-state index contributed by atoms with van der Waals surface area (Å²) in [4.78, 5) is 26.6. The lowest BCUT2D eigenvalue weighted by Gasteiger charge is -2.25. The first-order valence-corrected chi connectivity index (χ1v) is 8.77. The topological polar surface area (TPSA) is 87.4 Å². The maximum atomic E-state index is 13.0. The zero-order valence-electron chi connectivity index (χ0n) is 14.4. The molecule has 1 aliphatic heterocycles. The summed E-state index contributed by atoms with van der Waals surface area (Å²) in [6, 6.07) is 14.2. The second-order valence-electron chi connectivity index (χ2n) is 7.09. The Hall–Kier alpha value is -3.15. The molecule has 0 bridgehead atoms. The number of hydrogen-bond acceptors (Lipinski definition) is 4. The Morgan fingerprint density at radius 1 is 1.19 bits per heavy atom. The molecule has 0 saturated heterocycles. The number of benzene rings is 2. The van der Waals surface area contributed by atoms with Gasteiger partial charge in [-0.1, -0.05) is 24.3 Å². The minimum atomic E-state index is -0.868. The largest absolute Gasteiger partial charge is 0.369 e. The SMILES string of the molecule is CN1C(=O)C(c2cccc(-c3ccc4nc[nH]c4c3)c2)(C2CC2)N=C1N. The van der Waals surface area contributed by atoms with Gasteiger partial charge < -0.3 is 10.7 Å². The Morgan fingerprint density at radius 3 is 2.73 bits per heavy atom. The van der Waals surface area contributed by atoms with Gasteiger partial charge in [-0.2, -0.15) is 0 Å². The molecule has 6 heteroatoms. The smallest absolute Gasteiger partial charge is 0.261 e. The lowest BCUT2D eigenvalue weighted by molar-refractivity contribution is -0.131. The van der Waals surface area contributed by atoms with E-state index in [4.69, 9.17) is 5.73 Å². The third kappa shape index (κ3) is 2.02. The molecular weight excluding hydrogens is 326 g/mol. The van der Waals surface area contributed by atoms with E-state index < -0.39 is 5.54 Å². The molecule has 3 aromatic rings. The van der Waals surface area contributed by atoms with E-state index in [1.54, 1.807) is 13.4 Å². The Morgan fingerprint density at radius 2 is 2.00 bits per heavy atom. The maximum Gasteiger partial charge on any atom is 0.261 e. The number of nitrogens with zero attached hydrogens (tertiary/aromatic N) is 3. The molecule has 0 spiro atoms. The van der Waals surface area contributed by atoms with Crippen LogP contribution in [0.5, 0.6) is 0 Å². The summed E-state index contributed by atoms with van der Waals surface area (Å²) < 4.78 is 0. The molecule has 2 heterocycles. The van der Waals surface area contributed by atoms with Gasteiger partial charge in [-0.15, -0.1) is 0 Å². The van der Waals surface area contributed by atoms with Crippen LogP contribution >= 0.6 is 0 Å². The number of imidazole rings is 1. The van der Waals surface area contributed by atoms with Gasteiger partial charge in [0, 0.05) is 7.05 Å². The molecule has 5 rings (SSSR count). The van der Waals surface area contributed by atoms with Crippen molar-refractivity contribution in [2.45, 2.75) is 18.4 Å². The molecule has 1 aromatic heterocycles. The number of carbonyl (C=O) groups excluding carboxylic acids is 1. The zero-order chi connectivity index (χ0) is 17.9. The molecule has 1 aliphatic carbocycles. The second-order valence-corrected chi connectivity index (χ2v) is 7.09. The molecule has 1 unspecified atom stereocenters. The van der Waals surface area contributed by atoms with E-state index in [0.29, 0.717) is 5.96 Å². The number of likely N-dealkylation sites (N-methyl/N-ethyl adjacent to an activating group) is 1. The Kier molecular flexibility index (Phi) is 3.01. The van der Waals surface area contributed by atoms with Gasteiger partial charge >= 0.3 is 0 Å². The molecular formula is C20H19N5O. The van der Waals surface area contributed by atoms with E-state index in [0.717, 1.165) is 40.6 Å². The molecule has 2 aliphatic rings. The predicted octanol–water partition coefficient (Wildman–Crippen LogP) is 2.62. The van der Waals surface area contributed by atoms with Crippen molar-refractivity contribution in [1.82, 2.24) is 14.9 Å². The molecule has 2 aromatic carbocycles. The number of nitrogens with one attached hydrogen (secondary N) is 1. The third-order valence-corrected chi connectivity index (χ3v) is 5.49. The van der Waals surface area contributed by atoms with Gasteiger partial charge in [0.05, 0.1) is 17.4 Å². The number of H-pyrrole nitrogens is 1. The number of rotatable bonds is 3. The minimum Gasteiger partial charge on any atom is -0.369 e. The van der Waals surface area contributed by atoms with Crippen LogP contribution in [-0.4, -0.2) is 33.8 Å². The van der Waals surface area contributed by atoms with Gasteiger partial charge in [-0.3, -0.25) is 9.69 Å². The first-order valence-electron chi connectivity index (χ1n) is 8.77. The monoisotopic (exact) mass is 345 g/mol. The van der Waals surface area contributed by atoms with Gasteiger partial charge in [0.2, 0.25) is 0 Å². The molecule has 1 fully saturated rings. The van der Waals surface area contributed by atoms with Crippen molar-refractivity contribution in [1.29, 1.82) is 0 Å². The maximum absolute atomic E-state index is 13.0. The van der Waals surface area contributed by atoms with Crippen molar-refractivity contribution in [3.05, 3.63) is 54.4 Å². The van der Waals surface area contributed by atoms with Crippen LogP contribution < -0.4 is 5.73 Å². The van der Waals surface area contributed by atoms with Gasteiger partial charge in [-0.25, -0.2) is 9.98 Å². The Bertz CT molecular complexity index is 1060. The first-order chi connectivity index (χ1) is 12.6. The summed E-state index contributed by atoms with van der Waals surface area (Å²) >= 11 is 0. The summed E-state index contributed by atoms with van der Waals surface area (Å²) in [6.07, 6.45) is 3.69. The number of carbonyl (C=O) groups is 1. The fraction of sp³-hybridized carbons (Fsp3) is 0.250. The zero-order valence-corrected chi connectivity index (χ0v) is 14.4. The number of amides is 1. The van der Waals surface area contributed by atoms with Crippen molar-refractivity contribution in [2.24, 2.45) is 16.6 Å². The van der Waals surface area contributed by atoms with Crippen LogP contribution in [0.15, 0.2) is 53.8 Å². The molecule has 3 N–H and O–H groups in total. The van der Waals surface area contributed by atoms with Crippen LogP contribution in [0.4, 0.5) is 0 Å². The third-order valence-electron chi connectivity index (χ3n) is 5.49. The van der Waals surface area contributed by atoms with Crippen LogP contribution in [0, 0.1) is 5.92 Å². The van der Waals surface area contributed by atoms with Gasteiger partial charge in [0.1, 0.15) is 0 Å². The quantitative estimate of drug-likeness (QED) is 0.765. The fourth-order valence-corrected chi connectivity index (χ4v) is 3.90. The number of aromatic amines is 1. The van der Waals surface area contributed by atoms with Crippen molar-refractivity contribution < 1.29 is 4.79 Å². The Balaban J connectivity index is 1.64. The average Bonchev–Trinajstić information content (AvgIpc) is 3.36. The van der Waals surface area contributed by atoms with Crippen molar-refractivity contribution in [2.75, 3.05) is 7.05 Å². The molecule has 1 amide bonds. The van der Waals surface area contributed by atoms with Crippen molar-refractivity contribution >= 4 is 22.9 Å². The number of aliphatic imine (C=N–C) groups is 1. The van der Waals surface area contributed by atoms with Crippen LogP contribution in [0.1, 0.15) is 18.4 Å². The van der Waals surface area contributed by atoms with E-state index in [9.17, 15) is 4.79 Å². The molecule has 6 nitrogen and oxygen atoms in total. The average molecular weight is 345 g/mol. The van der Waals surface area contributed by atoms with Crippen LogP contribution in [-0.2, 0) is 10.3 Å². The molecule has 26 heavy (non-hydrogen) atoms. The van der Waals surface area contributed by atoms with Crippen LogP contribution in [0.25, 0.3) is 22.2 Å². The number of guanidine groups is 1. The minimum absolute atomic E-state index is 0.0290. The highest BCUT2D eigenvalue weighted by molar-refractivity contribution is 6.07. The van der Waals surface area contributed by atoms with E-state index >= 15 is 0 Å². The summed E-state index contributed by atoms with van der Waals surface area (Å²) in [5.41, 5.74) is 10.1.